The maximum atomic E-state index is 3.53. The Morgan fingerprint density at radius 2 is 1.47 bits per heavy atom. The van der Waals surface area contributed by atoms with Crippen molar-refractivity contribution in [3.8, 4) is 0 Å². The summed E-state index contributed by atoms with van der Waals surface area (Å²) in [5, 5.41) is 0. The van der Waals surface area contributed by atoms with Gasteiger partial charge >= 0.3 is 0 Å². The van der Waals surface area contributed by atoms with E-state index in [1.807, 2.05) is 0 Å². The van der Waals surface area contributed by atoms with Crippen molar-refractivity contribution in [2.75, 3.05) is 0 Å². The highest BCUT2D eigenvalue weighted by atomic mass is 79.9. The number of halogens is 1. The first-order valence-corrected chi connectivity index (χ1v) is 7.75. The predicted octanol–water partition coefficient (Wildman–Crippen LogP) is 5.38. The van der Waals surface area contributed by atoms with Gasteiger partial charge in [0.2, 0.25) is 0 Å². The van der Waals surface area contributed by atoms with Gasteiger partial charge in [0.15, 0.2) is 0 Å². The van der Waals surface area contributed by atoms with E-state index in [1.54, 1.807) is 5.56 Å². The van der Waals surface area contributed by atoms with Gasteiger partial charge in [-0.1, -0.05) is 35.0 Å². The van der Waals surface area contributed by atoms with E-state index < -0.39 is 0 Å². The molecule has 2 atom stereocenters. The summed E-state index contributed by atoms with van der Waals surface area (Å²) in [5.41, 5.74) is 1.57. The van der Waals surface area contributed by atoms with Crippen LogP contribution in [0.4, 0.5) is 0 Å². The van der Waals surface area contributed by atoms with E-state index in [9.17, 15) is 0 Å². The number of hydrogen-bond acceptors (Lipinski definition) is 0. The molecule has 17 heavy (non-hydrogen) atoms. The molecule has 0 heterocycles. The molecule has 0 amide bonds. The Morgan fingerprint density at radius 3 is 2.06 bits per heavy atom. The van der Waals surface area contributed by atoms with Crippen LogP contribution < -0.4 is 0 Å². The van der Waals surface area contributed by atoms with E-state index in [0.29, 0.717) is 0 Å². The van der Waals surface area contributed by atoms with Crippen molar-refractivity contribution in [1.29, 1.82) is 0 Å². The average molecular weight is 293 g/mol. The topological polar surface area (TPSA) is 0 Å². The third-order valence-electron chi connectivity index (χ3n) is 4.72. The molecule has 0 radical (unpaired) electrons. The molecule has 0 N–H and O–H groups in total. The van der Waals surface area contributed by atoms with E-state index in [0.717, 1.165) is 23.7 Å². The lowest BCUT2D eigenvalue weighted by molar-refractivity contribution is 0.130. The Balaban J connectivity index is 1.75. The van der Waals surface area contributed by atoms with Crippen molar-refractivity contribution in [3.05, 3.63) is 34.3 Å². The molecule has 1 aromatic rings. The molecule has 0 saturated heterocycles. The highest BCUT2D eigenvalue weighted by Gasteiger charge is 2.34. The van der Waals surface area contributed by atoms with Crippen molar-refractivity contribution in [3.63, 3.8) is 0 Å². The molecular weight excluding hydrogens is 272 g/mol. The van der Waals surface area contributed by atoms with Crippen LogP contribution in [0.15, 0.2) is 28.7 Å². The molecule has 0 aliphatic heterocycles. The van der Waals surface area contributed by atoms with Crippen molar-refractivity contribution < 1.29 is 0 Å². The highest BCUT2D eigenvalue weighted by Crippen LogP contribution is 2.48. The molecular formula is C16H21Br. The summed E-state index contributed by atoms with van der Waals surface area (Å²) >= 11 is 3.53. The summed E-state index contributed by atoms with van der Waals surface area (Å²) in [4.78, 5) is 0. The monoisotopic (exact) mass is 292 g/mol. The molecule has 92 valence electrons. The fourth-order valence-corrected chi connectivity index (χ4v) is 4.46. The van der Waals surface area contributed by atoms with Crippen LogP contribution in [-0.2, 0) is 0 Å². The summed E-state index contributed by atoms with van der Waals surface area (Å²) in [6.07, 6.45) is 7.33. The smallest absolute Gasteiger partial charge is 0.0175 e. The van der Waals surface area contributed by atoms with Crippen LogP contribution in [-0.4, -0.2) is 0 Å². The van der Waals surface area contributed by atoms with Gasteiger partial charge in [0, 0.05) is 4.47 Å². The van der Waals surface area contributed by atoms with Crippen molar-refractivity contribution in [1.82, 2.24) is 0 Å². The number of rotatable bonds is 1. The van der Waals surface area contributed by atoms with Gasteiger partial charge in [-0.25, -0.2) is 0 Å². The van der Waals surface area contributed by atoms with E-state index in [-0.39, 0.29) is 0 Å². The number of benzene rings is 1. The Labute approximate surface area is 113 Å². The van der Waals surface area contributed by atoms with Crippen LogP contribution >= 0.6 is 15.9 Å². The SMILES string of the molecule is CC1CC2CC(C1)CC(c1ccc(Br)cc1)C2. The number of hydrogen-bond donors (Lipinski definition) is 0. The minimum Gasteiger partial charge on any atom is -0.0625 e. The summed E-state index contributed by atoms with van der Waals surface area (Å²) < 4.78 is 1.20. The molecule has 1 aromatic carbocycles. The first kappa shape index (κ1) is 11.8. The molecule has 2 unspecified atom stereocenters. The van der Waals surface area contributed by atoms with Crippen LogP contribution in [0.25, 0.3) is 0 Å². The van der Waals surface area contributed by atoms with Crippen molar-refractivity contribution in [2.45, 2.75) is 44.9 Å². The zero-order valence-corrected chi connectivity index (χ0v) is 12.1. The molecule has 0 aromatic heterocycles. The van der Waals surface area contributed by atoms with E-state index in [1.165, 1.54) is 36.6 Å². The quantitative estimate of drug-likeness (QED) is 0.652. The van der Waals surface area contributed by atoms with E-state index >= 15 is 0 Å². The Kier molecular flexibility index (Phi) is 3.30. The molecule has 3 rings (SSSR count). The zero-order chi connectivity index (χ0) is 11.8. The molecule has 2 bridgehead atoms. The Morgan fingerprint density at radius 1 is 0.882 bits per heavy atom. The van der Waals surface area contributed by atoms with Gasteiger partial charge in [0.25, 0.3) is 0 Å². The first-order chi connectivity index (χ1) is 8.20. The second-order valence-electron chi connectivity index (χ2n) is 6.26. The summed E-state index contributed by atoms with van der Waals surface area (Å²) in [6.45, 7) is 2.44. The maximum absolute atomic E-state index is 3.53. The average Bonchev–Trinajstić information content (AvgIpc) is 2.28. The van der Waals surface area contributed by atoms with Crippen LogP contribution in [0.2, 0.25) is 0 Å². The van der Waals surface area contributed by atoms with Crippen LogP contribution in [0.3, 0.4) is 0 Å². The number of fused-ring (bicyclic) bond motifs is 2. The predicted molar refractivity (Wildman–Crippen MR) is 76.1 cm³/mol. The molecule has 2 saturated carbocycles. The zero-order valence-electron chi connectivity index (χ0n) is 10.5. The van der Waals surface area contributed by atoms with Gasteiger partial charge in [-0.2, -0.15) is 0 Å². The van der Waals surface area contributed by atoms with Crippen LogP contribution in [0.1, 0.15) is 50.5 Å². The summed E-state index contributed by atoms with van der Waals surface area (Å²) in [7, 11) is 0. The third kappa shape index (κ3) is 2.59. The largest absolute Gasteiger partial charge is 0.0625 e. The molecule has 1 heteroatoms. The maximum Gasteiger partial charge on any atom is 0.0175 e. The van der Waals surface area contributed by atoms with Crippen molar-refractivity contribution >= 4 is 15.9 Å². The third-order valence-corrected chi connectivity index (χ3v) is 5.24. The van der Waals surface area contributed by atoms with Crippen molar-refractivity contribution in [2.24, 2.45) is 17.8 Å². The van der Waals surface area contributed by atoms with Gasteiger partial charge in [-0.05, 0) is 73.5 Å². The van der Waals surface area contributed by atoms with Gasteiger partial charge < -0.3 is 0 Å². The van der Waals surface area contributed by atoms with E-state index in [4.69, 9.17) is 0 Å². The van der Waals surface area contributed by atoms with Gasteiger partial charge in [0.05, 0.1) is 0 Å². The molecule has 0 spiro atoms. The Bertz CT molecular complexity index is 363. The van der Waals surface area contributed by atoms with Gasteiger partial charge in [-0.15, -0.1) is 0 Å². The standard InChI is InChI=1S/C16H21Br/c1-11-6-12-8-13(7-11)10-15(9-12)14-2-4-16(17)5-3-14/h2-5,11-13,15H,6-10H2,1H3. The minimum atomic E-state index is 0.833. The lowest BCUT2D eigenvalue weighted by Gasteiger charge is -2.42. The van der Waals surface area contributed by atoms with Crippen LogP contribution in [0, 0.1) is 17.8 Å². The Hall–Kier alpha value is -0.300. The molecule has 2 aliphatic rings. The van der Waals surface area contributed by atoms with Gasteiger partial charge in [-0.3, -0.25) is 0 Å². The lowest BCUT2D eigenvalue weighted by Crippen LogP contribution is -2.29. The van der Waals surface area contributed by atoms with E-state index in [2.05, 4.69) is 47.1 Å². The first-order valence-electron chi connectivity index (χ1n) is 6.96. The minimum absolute atomic E-state index is 0.833. The second-order valence-corrected chi connectivity index (χ2v) is 7.18. The van der Waals surface area contributed by atoms with Gasteiger partial charge in [0.1, 0.15) is 0 Å². The molecule has 0 nitrogen and oxygen atoms in total. The molecule has 2 aliphatic carbocycles. The lowest BCUT2D eigenvalue weighted by atomic mass is 9.64. The summed E-state index contributed by atoms with van der Waals surface area (Å²) in [5.74, 6) is 3.82. The fourth-order valence-electron chi connectivity index (χ4n) is 4.19. The summed E-state index contributed by atoms with van der Waals surface area (Å²) in [6, 6.07) is 9.03. The normalized spacial score (nSPS) is 36.8. The highest BCUT2D eigenvalue weighted by molar-refractivity contribution is 9.10. The second kappa shape index (κ2) is 4.76. The van der Waals surface area contributed by atoms with Crippen LogP contribution in [0.5, 0.6) is 0 Å². The molecule has 2 fully saturated rings. The fraction of sp³-hybridized carbons (Fsp3) is 0.625.